The lowest BCUT2D eigenvalue weighted by Gasteiger charge is -2.36. The fraction of sp³-hybridized carbons (Fsp3) is 0.267. The van der Waals surface area contributed by atoms with Crippen LogP contribution in [-0.2, 0) is 22.4 Å². The molecule has 1 fully saturated rings. The normalized spacial score (nSPS) is 16.0. The fourth-order valence-corrected chi connectivity index (χ4v) is 5.54. The summed E-state index contributed by atoms with van der Waals surface area (Å²) in [5.74, 6) is 0.908. The molecule has 11 heteroatoms. The van der Waals surface area contributed by atoms with Crippen LogP contribution in [0.1, 0.15) is 49.6 Å². The number of hydrogen-bond acceptors (Lipinski definition) is 9. The van der Waals surface area contributed by atoms with Crippen LogP contribution in [0.4, 0.5) is 5.95 Å². The van der Waals surface area contributed by atoms with E-state index >= 15 is 0 Å². The van der Waals surface area contributed by atoms with Crippen LogP contribution in [0.3, 0.4) is 0 Å². The van der Waals surface area contributed by atoms with Gasteiger partial charge in [-0.15, -0.1) is 5.10 Å². The van der Waals surface area contributed by atoms with Gasteiger partial charge in [0.15, 0.2) is 22.8 Å². The number of rotatable bonds is 8. The van der Waals surface area contributed by atoms with Crippen LogP contribution in [-0.4, -0.2) is 45.2 Å². The Balaban J connectivity index is 1.29. The van der Waals surface area contributed by atoms with Gasteiger partial charge in [0.1, 0.15) is 11.1 Å². The van der Waals surface area contributed by atoms with Crippen molar-refractivity contribution in [2.75, 3.05) is 5.73 Å². The molecule has 1 atom stereocenters. The van der Waals surface area contributed by atoms with Gasteiger partial charge in [0.05, 0.1) is 23.5 Å². The third-order valence-electron chi connectivity index (χ3n) is 8.15. The Morgan fingerprint density at radius 2 is 1.88 bits per heavy atom. The molecule has 1 aromatic carbocycles. The topological polar surface area (TPSA) is 150 Å². The van der Waals surface area contributed by atoms with E-state index in [1.165, 1.54) is 4.52 Å². The summed E-state index contributed by atoms with van der Waals surface area (Å²) >= 11 is 0. The van der Waals surface area contributed by atoms with Gasteiger partial charge >= 0.3 is 0 Å². The summed E-state index contributed by atoms with van der Waals surface area (Å²) in [6, 6.07) is 18.7. The van der Waals surface area contributed by atoms with Crippen molar-refractivity contribution < 1.29 is 14.3 Å². The standard InChI is InChI=1S/C30H28N8O3/c1-29(19-8-3-2-4-9-19,24(39)14-13-20-10-5-12-23(33-20)30(40)15-7-16-30)38-27-21(18-32-38)26-34-25(22-11-6-17-41-22)36-37(26)28(31)35-27/h2-6,8-12,17-18,40H,7,13-16H2,1H3,(H2,31,35). The number of aromatic nitrogens is 7. The molecule has 1 unspecified atom stereocenters. The van der Waals surface area contributed by atoms with Crippen molar-refractivity contribution in [1.82, 2.24) is 34.3 Å². The molecule has 11 nitrogen and oxygen atoms in total. The summed E-state index contributed by atoms with van der Waals surface area (Å²) in [6.07, 6.45) is 6.20. The molecular formula is C30H28N8O3. The molecule has 5 aromatic heterocycles. The van der Waals surface area contributed by atoms with E-state index in [9.17, 15) is 9.90 Å². The first kappa shape index (κ1) is 25.1. The SMILES string of the molecule is CC(C(=O)CCc1cccc(C2(O)CCC2)n1)(c1ccccc1)n1ncc2c1nc(N)n1nc(-c3ccco3)nc21. The summed E-state index contributed by atoms with van der Waals surface area (Å²) in [5.41, 5.74) is 7.35. The van der Waals surface area contributed by atoms with E-state index in [0.29, 0.717) is 53.2 Å². The third kappa shape index (κ3) is 4.00. The quantitative estimate of drug-likeness (QED) is 0.287. The van der Waals surface area contributed by atoms with Gasteiger partial charge < -0.3 is 15.3 Å². The number of ketones is 1. The van der Waals surface area contributed by atoms with E-state index in [4.69, 9.17) is 15.1 Å². The number of furan rings is 1. The highest BCUT2D eigenvalue weighted by molar-refractivity contribution is 5.95. The number of nitrogens with zero attached hydrogens (tertiary/aromatic N) is 7. The monoisotopic (exact) mass is 548 g/mol. The number of pyridine rings is 1. The molecule has 0 spiro atoms. The minimum absolute atomic E-state index is 0.0683. The maximum Gasteiger partial charge on any atom is 0.225 e. The van der Waals surface area contributed by atoms with Crippen molar-refractivity contribution in [2.45, 2.75) is 50.2 Å². The zero-order chi connectivity index (χ0) is 28.2. The fourth-order valence-electron chi connectivity index (χ4n) is 5.54. The van der Waals surface area contributed by atoms with Gasteiger partial charge in [-0.3, -0.25) is 9.78 Å². The second-order valence-corrected chi connectivity index (χ2v) is 10.7. The molecule has 1 aliphatic carbocycles. The number of aryl methyl sites for hydroxylation is 1. The molecule has 5 heterocycles. The number of nitrogen functional groups attached to an aromatic ring is 1. The Labute approximate surface area is 234 Å². The molecule has 7 rings (SSSR count). The molecule has 0 aliphatic heterocycles. The van der Waals surface area contributed by atoms with Gasteiger partial charge in [0.2, 0.25) is 11.8 Å². The van der Waals surface area contributed by atoms with Gasteiger partial charge in [-0.1, -0.05) is 36.4 Å². The lowest BCUT2D eigenvalue weighted by atomic mass is 9.77. The maximum absolute atomic E-state index is 14.2. The predicted octanol–water partition coefficient (Wildman–Crippen LogP) is 4.05. The summed E-state index contributed by atoms with van der Waals surface area (Å²) < 4.78 is 8.54. The number of aliphatic hydroxyl groups is 1. The Morgan fingerprint density at radius 3 is 2.61 bits per heavy atom. The summed E-state index contributed by atoms with van der Waals surface area (Å²) in [6.45, 7) is 1.85. The van der Waals surface area contributed by atoms with E-state index in [1.54, 1.807) is 29.3 Å². The van der Waals surface area contributed by atoms with Crippen LogP contribution >= 0.6 is 0 Å². The lowest BCUT2D eigenvalue weighted by Crippen LogP contribution is -2.41. The first-order chi connectivity index (χ1) is 19.9. The minimum Gasteiger partial charge on any atom is -0.461 e. The van der Waals surface area contributed by atoms with E-state index < -0.39 is 11.1 Å². The van der Waals surface area contributed by atoms with Crippen LogP contribution in [0.2, 0.25) is 0 Å². The largest absolute Gasteiger partial charge is 0.461 e. The molecule has 6 aromatic rings. The number of carbonyl (C=O) groups is 1. The van der Waals surface area contributed by atoms with Gasteiger partial charge in [0.25, 0.3) is 0 Å². The van der Waals surface area contributed by atoms with Crippen molar-refractivity contribution in [1.29, 1.82) is 0 Å². The van der Waals surface area contributed by atoms with E-state index in [1.807, 2.05) is 55.5 Å². The smallest absolute Gasteiger partial charge is 0.225 e. The zero-order valence-electron chi connectivity index (χ0n) is 22.4. The van der Waals surface area contributed by atoms with Crippen molar-refractivity contribution in [2.24, 2.45) is 0 Å². The Hall–Kier alpha value is -4.90. The van der Waals surface area contributed by atoms with Crippen molar-refractivity contribution >= 4 is 28.4 Å². The predicted molar refractivity (Wildman–Crippen MR) is 151 cm³/mol. The number of anilines is 1. The average molecular weight is 549 g/mol. The highest BCUT2D eigenvalue weighted by atomic mass is 16.3. The van der Waals surface area contributed by atoms with Gasteiger partial charge in [-0.05, 0) is 62.4 Å². The molecule has 0 bridgehead atoms. The number of carbonyl (C=O) groups excluding carboxylic acids is 1. The molecular weight excluding hydrogens is 520 g/mol. The first-order valence-electron chi connectivity index (χ1n) is 13.6. The second kappa shape index (κ2) is 9.34. The van der Waals surface area contributed by atoms with Crippen molar-refractivity contribution in [3.63, 3.8) is 0 Å². The Bertz CT molecular complexity index is 1890. The van der Waals surface area contributed by atoms with Crippen molar-refractivity contribution in [3.8, 4) is 11.6 Å². The van der Waals surface area contributed by atoms with E-state index in [2.05, 4.69) is 20.2 Å². The minimum atomic E-state index is -1.20. The molecule has 206 valence electrons. The molecule has 1 aliphatic rings. The van der Waals surface area contributed by atoms with E-state index in [0.717, 1.165) is 17.7 Å². The number of fused-ring (bicyclic) bond motifs is 3. The number of Topliss-reactive ketones (excluding diaryl/α,β-unsaturated/α-hetero) is 1. The van der Waals surface area contributed by atoms with Crippen LogP contribution in [0, 0.1) is 0 Å². The number of nitrogens with two attached hydrogens (primary N) is 1. The zero-order valence-corrected chi connectivity index (χ0v) is 22.4. The molecule has 3 N–H and O–H groups in total. The van der Waals surface area contributed by atoms with Crippen LogP contribution < -0.4 is 5.73 Å². The molecule has 1 saturated carbocycles. The molecule has 41 heavy (non-hydrogen) atoms. The highest BCUT2D eigenvalue weighted by Crippen LogP contribution is 2.40. The third-order valence-corrected chi connectivity index (χ3v) is 8.15. The highest BCUT2D eigenvalue weighted by Gasteiger charge is 2.40. The molecule has 0 saturated heterocycles. The summed E-state index contributed by atoms with van der Waals surface area (Å²) in [4.78, 5) is 28.2. The molecule has 0 amide bonds. The molecule has 0 radical (unpaired) electrons. The number of hydrogen-bond donors (Lipinski definition) is 2. The maximum atomic E-state index is 14.2. The first-order valence-corrected chi connectivity index (χ1v) is 13.6. The Morgan fingerprint density at radius 1 is 1.05 bits per heavy atom. The summed E-state index contributed by atoms with van der Waals surface area (Å²) in [5, 5.41) is 20.5. The van der Waals surface area contributed by atoms with Crippen LogP contribution in [0.15, 0.2) is 77.5 Å². The lowest BCUT2D eigenvalue weighted by molar-refractivity contribution is -0.125. The summed E-state index contributed by atoms with van der Waals surface area (Å²) in [7, 11) is 0. The van der Waals surface area contributed by atoms with E-state index in [-0.39, 0.29) is 18.2 Å². The van der Waals surface area contributed by atoms with Gasteiger partial charge in [-0.25, -0.2) is 9.67 Å². The second-order valence-electron chi connectivity index (χ2n) is 10.7. The van der Waals surface area contributed by atoms with Crippen LogP contribution in [0.5, 0.6) is 0 Å². The average Bonchev–Trinajstić information content (AvgIpc) is 3.75. The van der Waals surface area contributed by atoms with Gasteiger partial charge in [0, 0.05) is 12.1 Å². The van der Waals surface area contributed by atoms with Crippen LogP contribution in [0.25, 0.3) is 28.3 Å². The number of benzene rings is 1. The van der Waals surface area contributed by atoms with Gasteiger partial charge in [-0.2, -0.15) is 14.6 Å². The Kier molecular flexibility index (Phi) is 5.72. The van der Waals surface area contributed by atoms with Crippen molar-refractivity contribution in [3.05, 3.63) is 90.1 Å².